The number of nitrogens with zero attached hydrogens (tertiary/aromatic N) is 1. The van der Waals surface area contributed by atoms with Crippen LogP contribution >= 0.6 is 11.8 Å². The van der Waals surface area contributed by atoms with Crippen LogP contribution in [0, 0.1) is 13.8 Å². The smallest absolute Gasteiger partial charge is 0.103 e. The third-order valence-corrected chi connectivity index (χ3v) is 3.41. The second kappa shape index (κ2) is 4.58. The first-order valence-electron chi connectivity index (χ1n) is 5.12. The van der Waals surface area contributed by atoms with E-state index in [2.05, 4.69) is 37.0 Å². The van der Waals surface area contributed by atoms with E-state index in [1.54, 1.807) is 24.0 Å². The van der Waals surface area contributed by atoms with Crippen molar-refractivity contribution in [1.29, 1.82) is 0 Å². The van der Waals surface area contributed by atoms with E-state index < -0.39 is 0 Å². The van der Waals surface area contributed by atoms with Crippen LogP contribution in [0.15, 0.2) is 46.5 Å². The van der Waals surface area contributed by atoms with Gasteiger partial charge in [0.15, 0.2) is 0 Å². The van der Waals surface area contributed by atoms with Crippen LogP contribution in [0.2, 0.25) is 0 Å². The number of benzene rings is 1. The number of aromatic nitrogens is 1. The van der Waals surface area contributed by atoms with Crippen LogP contribution in [-0.2, 0) is 0 Å². The van der Waals surface area contributed by atoms with Gasteiger partial charge in [0.25, 0.3) is 0 Å². The molecule has 2 rings (SSSR count). The van der Waals surface area contributed by atoms with Crippen LogP contribution in [0.4, 0.5) is 5.69 Å². The lowest BCUT2D eigenvalue weighted by Gasteiger charge is -2.06. The number of pyridine rings is 1. The van der Waals surface area contributed by atoms with E-state index in [1.165, 1.54) is 16.0 Å². The van der Waals surface area contributed by atoms with Gasteiger partial charge in [-0.2, -0.15) is 0 Å². The Morgan fingerprint density at radius 3 is 2.62 bits per heavy atom. The lowest BCUT2D eigenvalue weighted by Crippen LogP contribution is -1.88. The third kappa shape index (κ3) is 2.55. The van der Waals surface area contributed by atoms with Gasteiger partial charge in [-0.3, -0.25) is 0 Å². The fraction of sp³-hybridized carbons (Fsp3) is 0.154. The monoisotopic (exact) mass is 230 g/mol. The molecule has 0 aliphatic heterocycles. The molecule has 1 aromatic carbocycles. The maximum atomic E-state index is 5.72. The zero-order valence-electron chi connectivity index (χ0n) is 9.40. The van der Waals surface area contributed by atoms with Crippen LogP contribution in [0.3, 0.4) is 0 Å². The van der Waals surface area contributed by atoms with Crippen molar-refractivity contribution in [3.05, 3.63) is 47.7 Å². The lowest BCUT2D eigenvalue weighted by atomic mass is 10.2. The molecule has 0 fully saturated rings. The molecule has 0 aliphatic carbocycles. The van der Waals surface area contributed by atoms with Gasteiger partial charge >= 0.3 is 0 Å². The highest BCUT2D eigenvalue weighted by Gasteiger charge is 2.02. The molecule has 0 bridgehead atoms. The van der Waals surface area contributed by atoms with Crippen LogP contribution in [0.1, 0.15) is 11.1 Å². The van der Waals surface area contributed by atoms with Gasteiger partial charge in [0.1, 0.15) is 5.03 Å². The van der Waals surface area contributed by atoms with Gasteiger partial charge in [-0.25, -0.2) is 4.98 Å². The highest BCUT2D eigenvalue weighted by atomic mass is 32.2. The van der Waals surface area contributed by atoms with Crippen molar-refractivity contribution >= 4 is 17.4 Å². The van der Waals surface area contributed by atoms with E-state index >= 15 is 0 Å². The highest BCUT2D eigenvalue weighted by molar-refractivity contribution is 7.99. The molecule has 16 heavy (non-hydrogen) atoms. The quantitative estimate of drug-likeness (QED) is 0.859. The Labute approximate surface area is 99.9 Å². The van der Waals surface area contributed by atoms with Crippen molar-refractivity contribution in [3.8, 4) is 0 Å². The standard InChI is InChI=1S/C13H14N2S/c1-9-3-4-12(10(2)7-9)16-13-8-11(14)5-6-15-13/h3-8H,1-2H3,(H2,14,15). The van der Waals surface area contributed by atoms with Gasteiger partial charge in [-0.15, -0.1) is 0 Å². The van der Waals surface area contributed by atoms with Gasteiger partial charge in [0, 0.05) is 16.8 Å². The molecule has 3 heteroatoms. The van der Waals surface area contributed by atoms with Crippen LogP contribution in [0.25, 0.3) is 0 Å². The van der Waals surface area contributed by atoms with Gasteiger partial charge in [0.05, 0.1) is 0 Å². The second-order valence-electron chi connectivity index (χ2n) is 3.80. The predicted molar refractivity (Wildman–Crippen MR) is 68.7 cm³/mol. The molecule has 82 valence electrons. The number of anilines is 1. The molecule has 2 N–H and O–H groups in total. The molecular formula is C13H14N2S. The van der Waals surface area contributed by atoms with Gasteiger partial charge in [-0.05, 0) is 37.6 Å². The van der Waals surface area contributed by atoms with Crippen molar-refractivity contribution in [2.24, 2.45) is 0 Å². The first-order chi connectivity index (χ1) is 7.65. The average molecular weight is 230 g/mol. The van der Waals surface area contributed by atoms with Gasteiger partial charge in [-0.1, -0.05) is 29.5 Å². The SMILES string of the molecule is Cc1ccc(Sc2cc(N)ccn2)c(C)c1. The molecule has 0 saturated heterocycles. The fourth-order valence-corrected chi connectivity index (χ4v) is 2.40. The Morgan fingerprint density at radius 1 is 1.12 bits per heavy atom. The second-order valence-corrected chi connectivity index (χ2v) is 4.86. The molecule has 0 spiro atoms. The van der Waals surface area contributed by atoms with Crippen molar-refractivity contribution < 1.29 is 0 Å². The third-order valence-electron chi connectivity index (χ3n) is 2.30. The Bertz CT molecular complexity index is 509. The fourth-order valence-electron chi connectivity index (χ4n) is 1.51. The summed E-state index contributed by atoms with van der Waals surface area (Å²) in [7, 11) is 0. The normalized spacial score (nSPS) is 10.4. The summed E-state index contributed by atoms with van der Waals surface area (Å²) < 4.78 is 0. The van der Waals surface area contributed by atoms with Crippen LogP contribution in [-0.4, -0.2) is 4.98 Å². The Hall–Kier alpha value is -1.48. The minimum Gasteiger partial charge on any atom is -0.399 e. The van der Waals surface area contributed by atoms with Crippen LogP contribution in [0.5, 0.6) is 0 Å². The van der Waals surface area contributed by atoms with Gasteiger partial charge < -0.3 is 5.73 Å². The Kier molecular flexibility index (Phi) is 3.15. The molecule has 1 heterocycles. The number of hydrogen-bond donors (Lipinski definition) is 1. The number of rotatable bonds is 2. The topological polar surface area (TPSA) is 38.9 Å². The molecule has 0 radical (unpaired) electrons. The molecule has 0 aliphatic rings. The van der Waals surface area contributed by atoms with E-state index in [-0.39, 0.29) is 0 Å². The van der Waals surface area contributed by atoms with E-state index in [1.807, 2.05) is 6.07 Å². The van der Waals surface area contributed by atoms with E-state index in [0.717, 1.165) is 10.7 Å². The molecule has 0 saturated carbocycles. The number of nitrogen functional groups attached to an aromatic ring is 1. The zero-order valence-corrected chi connectivity index (χ0v) is 10.2. The molecule has 2 nitrogen and oxygen atoms in total. The summed E-state index contributed by atoms with van der Waals surface area (Å²) in [4.78, 5) is 5.51. The first kappa shape index (κ1) is 11.0. The van der Waals surface area contributed by atoms with E-state index in [4.69, 9.17) is 5.73 Å². The maximum absolute atomic E-state index is 5.72. The van der Waals surface area contributed by atoms with E-state index in [9.17, 15) is 0 Å². The minimum absolute atomic E-state index is 0.752. The molecule has 0 amide bonds. The predicted octanol–water partition coefficient (Wildman–Crippen LogP) is 3.43. The van der Waals surface area contributed by atoms with E-state index in [0.29, 0.717) is 0 Å². The van der Waals surface area contributed by atoms with Crippen molar-refractivity contribution in [2.45, 2.75) is 23.8 Å². The highest BCUT2D eigenvalue weighted by Crippen LogP contribution is 2.29. The Morgan fingerprint density at radius 2 is 1.94 bits per heavy atom. The number of aryl methyl sites for hydroxylation is 2. The summed E-state index contributed by atoms with van der Waals surface area (Å²) in [6.07, 6.45) is 1.74. The van der Waals surface area contributed by atoms with Crippen molar-refractivity contribution in [1.82, 2.24) is 4.98 Å². The van der Waals surface area contributed by atoms with Gasteiger partial charge in [0.2, 0.25) is 0 Å². The molecule has 0 atom stereocenters. The molecular weight excluding hydrogens is 216 g/mol. The average Bonchev–Trinajstić information content (AvgIpc) is 2.22. The zero-order chi connectivity index (χ0) is 11.5. The summed E-state index contributed by atoms with van der Waals surface area (Å²) in [6, 6.07) is 10.1. The largest absolute Gasteiger partial charge is 0.399 e. The van der Waals surface area contributed by atoms with Crippen LogP contribution < -0.4 is 5.73 Å². The van der Waals surface area contributed by atoms with Crippen molar-refractivity contribution in [3.63, 3.8) is 0 Å². The minimum atomic E-state index is 0.752. The summed E-state index contributed by atoms with van der Waals surface area (Å²) in [6.45, 7) is 4.21. The summed E-state index contributed by atoms with van der Waals surface area (Å²) >= 11 is 1.65. The molecule has 0 unspecified atom stereocenters. The number of hydrogen-bond acceptors (Lipinski definition) is 3. The number of nitrogens with two attached hydrogens (primary N) is 1. The Balaban J connectivity index is 2.27. The summed E-state index contributed by atoms with van der Waals surface area (Å²) in [5, 5.41) is 0.937. The van der Waals surface area contributed by atoms with Crippen molar-refractivity contribution in [2.75, 3.05) is 5.73 Å². The molecule has 2 aromatic rings. The first-order valence-corrected chi connectivity index (χ1v) is 5.93. The summed E-state index contributed by atoms with van der Waals surface area (Å²) in [5.74, 6) is 0. The molecule has 1 aromatic heterocycles. The maximum Gasteiger partial charge on any atom is 0.103 e. The summed E-state index contributed by atoms with van der Waals surface area (Å²) in [5.41, 5.74) is 9.03. The lowest BCUT2D eigenvalue weighted by molar-refractivity contribution is 1.13.